The minimum atomic E-state index is 0. The molecule has 1 unspecified atom stereocenters. The Morgan fingerprint density at radius 3 is 1.24 bits per heavy atom. The third-order valence-electron chi connectivity index (χ3n) is 6.81. The van der Waals surface area contributed by atoms with Crippen LogP contribution in [0.4, 0.5) is 0 Å². The van der Waals surface area contributed by atoms with Crippen molar-refractivity contribution in [3.8, 4) is 0 Å². The summed E-state index contributed by atoms with van der Waals surface area (Å²) >= 11 is 0. The average molecular weight is 449 g/mol. The number of hydrogen-bond acceptors (Lipinski definition) is 0. The van der Waals surface area contributed by atoms with E-state index < -0.39 is 0 Å². The van der Waals surface area contributed by atoms with Crippen molar-refractivity contribution in [2.75, 3.05) is 0 Å². The van der Waals surface area contributed by atoms with Gasteiger partial charge < -0.3 is 0 Å². The molecule has 3 rings (SSSR count). The van der Waals surface area contributed by atoms with E-state index in [0.717, 1.165) is 0 Å². The van der Waals surface area contributed by atoms with Crippen molar-refractivity contribution in [3.05, 3.63) is 88.0 Å². The molecule has 0 spiro atoms. The van der Waals surface area contributed by atoms with Crippen LogP contribution in [0, 0.1) is 6.08 Å². The van der Waals surface area contributed by atoms with E-state index in [4.69, 9.17) is 0 Å². The Bertz CT molecular complexity index is 1020. The SMILES string of the molecule is CC(C)(C)c1cc(C2=CC(c3cc(C(C)(C)C)cc(C(C)(C)C)c3)[C-]=C2)cc(C(C)(C)C)c1.[Li+]. The number of rotatable bonds is 2. The summed E-state index contributed by atoms with van der Waals surface area (Å²) in [7, 11) is 0. The van der Waals surface area contributed by atoms with Gasteiger partial charge in [-0.25, -0.2) is 6.08 Å². The van der Waals surface area contributed by atoms with Gasteiger partial charge in [-0.2, -0.15) is 11.6 Å². The molecule has 2 aromatic rings. The summed E-state index contributed by atoms with van der Waals surface area (Å²) in [5.74, 6) is 0.194. The molecule has 0 bridgehead atoms. The van der Waals surface area contributed by atoms with Crippen LogP contribution in [0.3, 0.4) is 0 Å². The Morgan fingerprint density at radius 1 is 0.529 bits per heavy atom. The Labute approximate surface area is 222 Å². The third-order valence-corrected chi connectivity index (χ3v) is 6.81. The van der Waals surface area contributed by atoms with Crippen molar-refractivity contribution in [2.45, 2.75) is 111 Å². The van der Waals surface area contributed by atoms with Crippen LogP contribution < -0.4 is 18.9 Å². The summed E-state index contributed by atoms with van der Waals surface area (Å²) < 4.78 is 0. The Morgan fingerprint density at radius 2 is 0.882 bits per heavy atom. The number of hydrogen-bond donors (Lipinski definition) is 0. The van der Waals surface area contributed by atoms with E-state index in [0.29, 0.717) is 0 Å². The smallest absolute Gasteiger partial charge is 0.264 e. The van der Waals surface area contributed by atoms with Gasteiger partial charge in [-0.1, -0.05) is 131 Å². The first kappa shape index (κ1) is 28.8. The second-order valence-electron chi connectivity index (χ2n) is 14.1. The average Bonchev–Trinajstić information content (AvgIpc) is 3.15. The van der Waals surface area contributed by atoms with Crippen LogP contribution in [0.2, 0.25) is 0 Å². The van der Waals surface area contributed by atoms with E-state index >= 15 is 0 Å². The van der Waals surface area contributed by atoms with E-state index in [1.165, 1.54) is 39.0 Å². The largest absolute Gasteiger partial charge is 1.00 e. The zero-order chi connectivity index (χ0) is 25.0. The summed E-state index contributed by atoms with van der Waals surface area (Å²) in [6.45, 7) is 27.7. The molecule has 0 amide bonds. The van der Waals surface area contributed by atoms with E-state index in [-0.39, 0.29) is 46.4 Å². The van der Waals surface area contributed by atoms with E-state index in [2.05, 4.69) is 138 Å². The molecule has 0 fully saturated rings. The quantitative estimate of drug-likeness (QED) is 0.367. The minimum Gasteiger partial charge on any atom is -0.264 e. The molecule has 178 valence electrons. The summed E-state index contributed by atoms with van der Waals surface area (Å²) in [6, 6.07) is 14.3. The Hall–Kier alpha value is -1.48. The first-order chi connectivity index (χ1) is 14.9. The maximum absolute atomic E-state index is 3.68. The zero-order valence-corrected chi connectivity index (χ0v) is 24.2. The predicted molar refractivity (Wildman–Crippen MR) is 146 cm³/mol. The fourth-order valence-electron chi connectivity index (χ4n) is 4.18. The molecule has 0 radical (unpaired) electrons. The van der Waals surface area contributed by atoms with Crippen LogP contribution in [0.1, 0.15) is 122 Å². The van der Waals surface area contributed by atoms with Crippen LogP contribution in [0.25, 0.3) is 5.57 Å². The minimum absolute atomic E-state index is 0. The predicted octanol–water partition coefficient (Wildman–Crippen LogP) is 6.42. The van der Waals surface area contributed by atoms with Crippen LogP contribution in [0.5, 0.6) is 0 Å². The zero-order valence-electron chi connectivity index (χ0n) is 24.2. The van der Waals surface area contributed by atoms with Gasteiger partial charge in [0, 0.05) is 0 Å². The standard InChI is InChI=1S/C33H45.Li/c1-30(2,3)26-16-24(17-27(20-26)31(4,5)6)22-13-14-23(15-22)25-18-28(32(7,8)9)21-29(19-25)33(10,11)12;/h13,15-21,23H,1-12H3;/q-1;+1. The van der Waals surface area contributed by atoms with Crippen LogP contribution >= 0.6 is 0 Å². The van der Waals surface area contributed by atoms with Gasteiger partial charge in [-0.15, -0.1) is 5.56 Å². The van der Waals surface area contributed by atoms with Crippen LogP contribution in [0.15, 0.2) is 48.6 Å². The Balaban J connectivity index is 0.00000408. The molecule has 2 aromatic carbocycles. The monoisotopic (exact) mass is 448 g/mol. The molecule has 1 heteroatoms. The van der Waals surface area contributed by atoms with Crippen molar-refractivity contribution >= 4 is 5.57 Å². The van der Waals surface area contributed by atoms with E-state index in [1.54, 1.807) is 0 Å². The van der Waals surface area contributed by atoms with Crippen LogP contribution in [-0.2, 0) is 21.7 Å². The third kappa shape index (κ3) is 6.59. The topological polar surface area (TPSA) is 0 Å². The van der Waals surface area contributed by atoms with Crippen LogP contribution in [-0.4, -0.2) is 0 Å². The number of allylic oxidation sites excluding steroid dienone is 4. The molecule has 1 atom stereocenters. The molecule has 1 aliphatic rings. The summed E-state index contributed by atoms with van der Waals surface area (Å²) in [4.78, 5) is 0. The van der Waals surface area contributed by atoms with Crippen molar-refractivity contribution < 1.29 is 18.9 Å². The van der Waals surface area contributed by atoms with Crippen molar-refractivity contribution in [1.29, 1.82) is 0 Å². The maximum Gasteiger partial charge on any atom is 1.00 e. The van der Waals surface area contributed by atoms with Gasteiger partial charge in [0.2, 0.25) is 0 Å². The van der Waals surface area contributed by atoms with E-state index in [9.17, 15) is 0 Å². The molecule has 34 heavy (non-hydrogen) atoms. The maximum atomic E-state index is 3.68. The first-order valence-corrected chi connectivity index (χ1v) is 12.5. The summed E-state index contributed by atoms with van der Waals surface area (Å²) in [6.07, 6.45) is 8.29. The number of benzene rings is 2. The van der Waals surface area contributed by atoms with Gasteiger partial charge in [-0.3, -0.25) is 6.08 Å². The molecule has 0 aliphatic heterocycles. The second-order valence-corrected chi connectivity index (χ2v) is 14.1. The first-order valence-electron chi connectivity index (χ1n) is 12.5. The van der Waals surface area contributed by atoms with Gasteiger partial charge in [0.1, 0.15) is 0 Å². The molecule has 0 saturated heterocycles. The molecular weight excluding hydrogens is 403 g/mol. The fourth-order valence-corrected chi connectivity index (χ4v) is 4.18. The molecule has 1 aliphatic carbocycles. The van der Waals surface area contributed by atoms with Crippen molar-refractivity contribution in [3.63, 3.8) is 0 Å². The molecule has 0 aromatic heterocycles. The second kappa shape index (κ2) is 9.52. The Kier molecular flexibility index (Phi) is 8.05. The fraction of sp³-hybridized carbons (Fsp3) is 0.515. The van der Waals surface area contributed by atoms with E-state index in [1.807, 2.05) is 0 Å². The molecule has 0 N–H and O–H groups in total. The summed E-state index contributed by atoms with van der Waals surface area (Å²) in [5, 5.41) is 0. The molecule has 0 nitrogen and oxygen atoms in total. The molecular formula is C33H45Li. The normalized spacial score (nSPS) is 16.9. The van der Waals surface area contributed by atoms with Gasteiger partial charge in [0.25, 0.3) is 0 Å². The summed E-state index contributed by atoms with van der Waals surface area (Å²) in [5.41, 5.74) is 10.0. The van der Waals surface area contributed by atoms with Gasteiger partial charge >= 0.3 is 18.9 Å². The van der Waals surface area contributed by atoms with Crippen molar-refractivity contribution in [1.82, 2.24) is 0 Å². The van der Waals surface area contributed by atoms with Gasteiger partial charge in [0.05, 0.1) is 0 Å². The molecule has 0 heterocycles. The van der Waals surface area contributed by atoms with Gasteiger partial charge in [-0.05, 0) is 43.9 Å². The van der Waals surface area contributed by atoms with Crippen molar-refractivity contribution in [2.24, 2.45) is 0 Å². The molecule has 0 saturated carbocycles. The van der Waals surface area contributed by atoms with Gasteiger partial charge in [0.15, 0.2) is 0 Å².